The van der Waals surface area contributed by atoms with Gasteiger partial charge in [-0.15, -0.1) is 0 Å². The lowest BCUT2D eigenvalue weighted by Crippen LogP contribution is -2.78. The molecule has 2 aromatic carbocycles. The van der Waals surface area contributed by atoms with Crippen LogP contribution in [0.25, 0.3) is 11.0 Å². The number of carbonyl (C=O) groups is 1. The molecule has 1 amide bonds. The lowest BCUT2D eigenvalue weighted by Gasteiger charge is -2.64. The molecule has 186 valence electrons. The van der Waals surface area contributed by atoms with Gasteiger partial charge in [-0.25, -0.2) is 0 Å². The molecule has 1 spiro atoms. The largest absolute Gasteiger partial charge is 0.504 e. The quantitative estimate of drug-likeness (QED) is 0.523. The molecule has 0 unspecified atom stereocenters. The molecule has 36 heavy (non-hydrogen) atoms. The molecular formula is C29H30N2O5. The third-order valence-electron chi connectivity index (χ3n) is 9.80. The van der Waals surface area contributed by atoms with Crippen LogP contribution in [0.1, 0.15) is 53.6 Å². The first kappa shape index (κ1) is 21.1. The SMILES string of the molecule is O=C(N[C@H]1CC[C@@]2(O)[C@H]3Cc4ccc(O)c5c4[C@@]2(CCN3CC2CC2)[C@H]1O5)c1cccc2ccoc12. The van der Waals surface area contributed by atoms with Crippen LogP contribution in [-0.2, 0) is 11.8 Å². The summed E-state index contributed by atoms with van der Waals surface area (Å²) in [6, 6.07) is 10.9. The highest BCUT2D eigenvalue weighted by Crippen LogP contribution is 2.65. The Labute approximate surface area is 209 Å². The van der Waals surface area contributed by atoms with Crippen LogP contribution < -0.4 is 10.1 Å². The fraction of sp³-hybridized carbons (Fsp3) is 0.483. The molecule has 3 N–H and O–H groups in total. The molecule has 2 aliphatic heterocycles. The number of rotatable bonds is 4. The van der Waals surface area contributed by atoms with E-state index in [1.165, 1.54) is 12.8 Å². The number of amides is 1. The number of nitrogens with zero attached hydrogens (tertiary/aromatic N) is 1. The summed E-state index contributed by atoms with van der Waals surface area (Å²) in [4.78, 5) is 16.0. The summed E-state index contributed by atoms with van der Waals surface area (Å²) in [6.45, 7) is 1.94. The molecule has 2 bridgehead atoms. The van der Waals surface area contributed by atoms with E-state index < -0.39 is 17.1 Å². The van der Waals surface area contributed by atoms with E-state index in [0.717, 1.165) is 48.4 Å². The zero-order valence-electron chi connectivity index (χ0n) is 20.1. The third kappa shape index (κ3) is 2.57. The minimum absolute atomic E-state index is 0.0226. The molecule has 8 rings (SSSR count). The molecule has 5 aliphatic rings. The molecule has 3 aromatic rings. The van der Waals surface area contributed by atoms with Crippen molar-refractivity contribution in [1.29, 1.82) is 0 Å². The second kappa shape index (κ2) is 7.05. The van der Waals surface area contributed by atoms with Crippen molar-refractivity contribution in [2.75, 3.05) is 13.1 Å². The number of nitrogens with one attached hydrogen (secondary N) is 1. The molecule has 1 saturated heterocycles. The maximum Gasteiger partial charge on any atom is 0.255 e. The highest BCUT2D eigenvalue weighted by Gasteiger charge is 2.73. The first-order chi connectivity index (χ1) is 17.5. The van der Waals surface area contributed by atoms with Gasteiger partial charge in [0.2, 0.25) is 0 Å². The Morgan fingerprint density at radius 2 is 2.03 bits per heavy atom. The van der Waals surface area contributed by atoms with Crippen LogP contribution in [0.15, 0.2) is 47.1 Å². The summed E-state index contributed by atoms with van der Waals surface area (Å²) in [6.07, 6.45) is 6.43. The Balaban J connectivity index is 1.20. The minimum Gasteiger partial charge on any atom is -0.504 e. The van der Waals surface area contributed by atoms with Gasteiger partial charge >= 0.3 is 0 Å². The molecule has 7 heteroatoms. The van der Waals surface area contributed by atoms with Crippen molar-refractivity contribution < 1.29 is 24.2 Å². The van der Waals surface area contributed by atoms with Crippen molar-refractivity contribution in [2.24, 2.45) is 5.92 Å². The van der Waals surface area contributed by atoms with E-state index in [1.54, 1.807) is 18.4 Å². The Hall–Kier alpha value is -3.03. The number of para-hydroxylation sites is 1. The number of ether oxygens (including phenoxy) is 1. The number of hydrogen-bond donors (Lipinski definition) is 3. The number of aliphatic hydroxyl groups is 1. The van der Waals surface area contributed by atoms with E-state index in [2.05, 4.69) is 10.2 Å². The fourth-order valence-electron chi connectivity index (χ4n) is 8.05. The maximum absolute atomic E-state index is 13.5. The fourth-order valence-corrected chi connectivity index (χ4v) is 8.05. The number of aromatic hydroxyl groups is 1. The Morgan fingerprint density at radius 3 is 2.89 bits per heavy atom. The van der Waals surface area contributed by atoms with Gasteiger partial charge in [-0.3, -0.25) is 9.69 Å². The normalized spacial score (nSPS) is 34.3. The van der Waals surface area contributed by atoms with Crippen LogP contribution in [-0.4, -0.2) is 57.9 Å². The zero-order valence-corrected chi connectivity index (χ0v) is 20.1. The smallest absolute Gasteiger partial charge is 0.255 e. The highest BCUT2D eigenvalue weighted by atomic mass is 16.5. The number of phenolic OH excluding ortho intramolecular Hbond substituents is 1. The molecule has 3 fully saturated rings. The second-order valence-electron chi connectivity index (χ2n) is 11.6. The zero-order chi connectivity index (χ0) is 24.2. The van der Waals surface area contributed by atoms with Gasteiger partial charge in [0, 0.05) is 23.5 Å². The highest BCUT2D eigenvalue weighted by molar-refractivity contribution is 6.05. The Bertz CT molecular complexity index is 1410. The summed E-state index contributed by atoms with van der Waals surface area (Å²) in [5.74, 6) is 1.16. The number of piperidine rings is 1. The minimum atomic E-state index is -0.959. The van der Waals surface area contributed by atoms with Crippen molar-refractivity contribution in [3.8, 4) is 11.5 Å². The number of carbonyl (C=O) groups excluding carboxylic acids is 1. The van der Waals surface area contributed by atoms with Gasteiger partial charge in [0.05, 0.1) is 28.9 Å². The van der Waals surface area contributed by atoms with Crippen molar-refractivity contribution in [3.05, 3.63) is 59.4 Å². The second-order valence-corrected chi connectivity index (χ2v) is 11.6. The number of likely N-dealkylation sites (tertiary alicyclic amines) is 1. The molecule has 3 heterocycles. The number of phenols is 1. The summed E-state index contributed by atoms with van der Waals surface area (Å²) in [5.41, 5.74) is 1.60. The predicted molar refractivity (Wildman–Crippen MR) is 132 cm³/mol. The van der Waals surface area contributed by atoms with Crippen molar-refractivity contribution in [1.82, 2.24) is 10.2 Å². The summed E-state index contributed by atoms with van der Waals surface area (Å²) in [5, 5.41) is 27.5. The van der Waals surface area contributed by atoms with Crippen molar-refractivity contribution >= 4 is 16.9 Å². The monoisotopic (exact) mass is 486 g/mol. The van der Waals surface area contributed by atoms with Crippen molar-refractivity contribution in [2.45, 2.75) is 67.7 Å². The van der Waals surface area contributed by atoms with Gasteiger partial charge in [-0.2, -0.15) is 0 Å². The van der Waals surface area contributed by atoms with E-state index in [4.69, 9.17) is 9.15 Å². The lowest BCUT2D eigenvalue weighted by molar-refractivity contribution is -0.191. The van der Waals surface area contributed by atoms with Gasteiger partial charge in [-0.05, 0) is 74.8 Å². The van der Waals surface area contributed by atoms with Crippen LogP contribution in [0, 0.1) is 5.92 Å². The van der Waals surface area contributed by atoms with Crippen LogP contribution in [0.3, 0.4) is 0 Å². The topological polar surface area (TPSA) is 95.2 Å². The van der Waals surface area contributed by atoms with E-state index >= 15 is 0 Å². The van der Waals surface area contributed by atoms with E-state index in [-0.39, 0.29) is 23.7 Å². The van der Waals surface area contributed by atoms with E-state index in [0.29, 0.717) is 29.7 Å². The molecule has 2 saturated carbocycles. The molecular weight excluding hydrogens is 456 g/mol. The van der Waals surface area contributed by atoms with Crippen LogP contribution in [0.4, 0.5) is 0 Å². The first-order valence-electron chi connectivity index (χ1n) is 13.2. The van der Waals surface area contributed by atoms with Gasteiger partial charge in [0.15, 0.2) is 11.5 Å². The number of benzene rings is 2. The van der Waals surface area contributed by atoms with E-state index in [1.807, 2.05) is 24.3 Å². The summed E-state index contributed by atoms with van der Waals surface area (Å²) >= 11 is 0. The lowest BCUT2D eigenvalue weighted by atomic mass is 9.48. The molecule has 7 nitrogen and oxygen atoms in total. The predicted octanol–water partition coefficient (Wildman–Crippen LogP) is 3.50. The number of furan rings is 1. The average Bonchev–Trinajstić information content (AvgIpc) is 3.41. The van der Waals surface area contributed by atoms with E-state index in [9.17, 15) is 15.0 Å². The molecule has 5 atom stereocenters. The van der Waals surface area contributed by atoms with Crippen LogP contribution in [0.2, 0.25) is 0 Å². The Morgan fingerprint density at radius 1 is 1.14 bits per heavy atom. The van der Waals surface area contributed by atoms with Crippen LogP contribution in [0.5, 0.6) is 11.5 Å². The summed E-state index contributed by atoms with van der Waals surface area (Å²) in [7, 11) is 0. The van der Waals surface area contributed by atoms with Gasteiger partial charge < -0.3 is 24.7 Å². The van der Waals surface area contributed by atoms with Crippen LogP contribution >= 0.6 is 0 Å². The maximum atomic E-state index is 13.5. The number of hydrogen-bond acceptors (Lipinski definition) is 6. The molecule has 3 aliphatic carbocycles. The summed E-state index contributed by atoms with van der Waals surface area (Å²) < 4.78 is 12.2. The van der Waals surface area contributed by atoms with Gasteiger partial charge in [-0.1, -0.05) is 18.2 Å². The standard InChI is InChI=1S/C29H30N2O5/c32-21-7-6-18-14-22-29(34)10-8-20(30-27(33)19-3-1-2-17-9-13-35-24(17)19)26-28(29,23(18)25(21)36-26)11-12-31(22)15-16-4-5-16/h1-3,6-7,9,13,16,20,22,26,32,34H,4-5,8,10-12,14-15H2,(H,30,33)/t20-,22+,26-,28-,29+/m0/s1. The molecule has 1 aromatic heterocycles. The number of fused-ring (bicyclic) bond motifs is 1. The van der Waals surface area contributed by atoms with Crippen molar-refractivity contribution in [3.63, 3.8) is 0 Å². The average molecular weight is 487 g/mol. The van der Waals surface area contributed by atoms with Gasteiger partial charge in [0.1, 0.15) is 11.7 Å². The third-order valence-corrected chi connectivity index (χ3v) is 9.80. The van der Waals surface area contributed by atoms with Gasteiger partial charge in [0.25, 0.3) is 5.91 Å². The molecule has 0 radical (unpaired) electrons. The first-order valence-corrected chi connectivity index (χ1v) is 13.2. The Kier molecular flexibility index (Phi) is 4.13.